The number of halogens is 1. The van der Waals surface area contributed by atoms with Crippen molar-refractivity contribution in [2.24, 2.45) is 5.73 Å². The fourth-order valence-electron chi connectivity index (χ4n) is 1.61. The Labute approximate surface area is 107 Å². The highest BCUT2D eigenvalue weighted by atomic mass is 35.5. The molecule has 5 heteroatoms. The molecule has 3 rings (SSSR count). The monoisotopic (exact) mass is 264 g/mol. The molecular weight excluding hydrogens is 256 g/mol. The zero-order chi connectivity index (χ0) is 11.8. The lowest BCUT2D eigenvalue weighted by atomic mass is 10.3. The number of benzene rings is 1. The number of furan rings is 1. The van der Waals surface area contributed by atoms with Crippen LogP contribution in [0.25, 0.3) is 21.0 Å². The van der Waals surface area contributed by atoms with Gasteiger partial charge in [-0.1, -0.05) is 11.6 Å². The lowest BCUT2D eigenvalue weighted by molar-refractivity contribution is 0.525. The molecule has 0 aliphatic rings. The van der Waals surface area contributed by atoms with Crippen molar-refractivity contribution in [3.8, 4) is 10.8 Å². The van der Waals surface area contributed by atoms with Crippen LogP contribution in [0.3, 0.4) is 0 Å². The summed E-state index contributed by atoms with van der Waals surface area (Å²) in [7, 11) is 0. The van der Waals surface area contributed by atoms with E-state index in [4.69, 9.17) is 21.8 Å². The smallest absolute Gasteiger partial charge is 0.163 e. The summed E-state index contributed by atoms with van der Waals surface area (Å²) in [6.07, 6.45) is 0. The van der Waals surface area contributed by atoms with Crippen LogP contribution in [0.15, 0.2) is 34.7 Å². The Kier molecular flexibility index (Phi) is 2.63. The summed E-state index contributed by atoms with van der Waals surface area (Å²) in [5.41, 5.74) is 6.44. The van der Waals surface area contributed by atoms with E-state index in [2.05, 4.69) is 4.98 Å². The Morgan fingerprint density at radius 1 is 1.29 bits per heavy atom. The van der Waals surface area contributed by atoms with Gasteiger partial charge in [-0.25, -0.2) is 4.98 Å². The summed E-state index contributed by atoms with van der Waals surface area (Å²) in [4.78, 5) is 4.50. The Balaban J connectivity index is 2.11. The van der Waals surface area contributed by atoms with Crippen LogP contribution in [0.5, 0.6) is 0 Å². The van der Waals surface area contributed by atoms with Crippen LogP contribution < -0.4 is 5.73 Å². The van der Waals surface area contributed by atoms with Gasteiger partial charge in [-0.05, 0) is 30.3 Å². The van der Waals surface area contributed by atoms with Gasteiger partial charge in [-0.15, -0.1) is 11.3 Å². The van der Waals surface area contributed by atoms with Crippen molar-refractivity contribution in [3.05, 3.63) is 41.1 Å². The number of aromatic nitrogens is 1. The SMILES string of the molecule is NCc1ccc(-c2nc3ccc(Cl)cc3s2)o1. The number of hydrogen-bond donors (Lipinski definition) is 1. The molecule has 86 valence electrons. The van der Waals surface area contributed by atoms with Gasteiger partial charge >= 0.3 is 0 Å². The van der Waals surface area contributed by atoms with Crippen LogP contribution in [0.1, 0.15) is 5.76 Å². The van der Waals surface area contributed by atoms with Crippen molar-refractivity contribution in [3.63, 3.8) is 0 Å². The predicted octanol–water partition coefficient (Wildman–Crippen LogP) is 3.67. The maximum Gasteiger partial charge on any atom is 0.163 e. The lowest BCUT2D eigenvalue weighted by Crippen LogP contribution is -1.92. The van der Waals surface area contributed by atoms with Crippen LogP contribution in [-0.2, 0) is 6.54 Å². The third-order valence-corrected chi connectivity index (χ3v) is 3.69. The van der Waals surface area contributed by atoms with E-state index in [0.29, 0.717) is 6.54 Å². The van der Waals surface area contributed by atoms with Crippen molar-refractivity contribution in [2.75, 3.05) is 0 Å². The van der Waals surface area contributed by atoms with Crippen molar-refractivity contribution >= 4 is 33.2 Å². The number of rotatable bonds is 2. The summed E-state index contributed by atoms with van der Waals surface area (Å²) in [5, 5.41) is 1.57. The van der Waals surface area contributed by atoms with E-state index in [1.807, 2.05) is 30.3 Å². The molecule has 0 aliphatic carbocycles. The molecule has 0 aliphatic heterocycles. The first-order valence-electron chi connectivity index (χ1n) is 5.11. The third-order valence-electron chi connectivity index (χ3n) is 2.42. The molecule has 2 heterocycles. The minimum Gasteiger partial charge on any atom is -0.457 e. The average molecular weight is 265 g/mol. The Morgan fingerprint density at radius 2 is 2.18 bits per heavy atom. The minimum atomic E-state index is 0.400. The molecule has 1 aromatic carbocycles. The normalized spacial score (nSPS) is 11.2. The summed E-state index contributed by atoms with van der Waals surface area (Å²) in [6, 6.07) is 9.41. The number of hydrogen-bond acceptors (Lipinski definition) is 4. The first kappa shape index (κ1) is 10.8. The second kappa shape index (κ2) is 4.14. The average Bonchev–Trinajstić information content (AvgIpc) is 2.93. The topological polar surface area (TPSA) is 52.0 Å². The number of thiazole rings is 1. The van der Waals surface area contributed by atoms with Gasteiger partial charge in [-0.3, -0.25) is 0 Å². The molecule has 0 saturated carbocycles. The van der Waals surface area contributed by atoms with E-state index in [0.717, 1.165) is 31.8 Å². The highest BCUT2D eigenvalue weighted by Gasteiger charge is 2.10. The highest BCUT2D eigenvalue weighted by Crippen LogP contribution is 2.32. The molecule has 0 bridgehead atoms. The van der Waals surface area contributed by atoms with Crippen LogP contribution in [0.2, 0.25) is 5.02 Å². The number of nitrogens with two attached hydrogens (primary N) is 1. The van der Waals surface area contributed by atoms with Gasteiger partial charge in [0, 0.05) is 5.02 Å². The maximum atomic E-state index is 5.94. The quantitative estimate of drug-likeness (QED) is 0.768. The van der Waals surface area contributed by atoms with Crippen LogP contribution in [-0.4, -0.2) is 4.98 Å². The number of fused-ring (bicyclic) bond motifs is 1. The van der Waals surface area contributed by atoms with Gasteiger partial charge in [0.05, 0.1) is 16.8 Å². The molecule has 3 aromatic rings. The van der Waals surface area contributed by atoms with Gasteiger partial charge in [0.2, 0.25) is 0 Å². The maximum absolute atomic E-state index is 5.94. The van der Waals surface area contributed by atoms with Gasteiger partial charge in [0.15, 0.2) is 10.8 Å². The Hall–Kier alpha value is -1.36. The van der Waals surface area contributed by atoms with E-state index < -0.39 is 0 Å². The summed E-state index contributed by atoms with van der Waals surface area (Å²) >= 11 is 7.50. The van der Waals surface area contributed by atoms with Crippen molar-refractivity contribution in [1.82, 2.24) is 4.98 Å². The third kappa shape index (κ3) is 1.95. The van der Waals surface area contributed by atoms with E-state index in [-0.39, 0.29) is 0 Å². The van der Waals surface area contributed by atoms with Gasteiger partial charge in [0.1, 0.15) is 5.76 Å². The van der Waals surface area contributed by atoms with Crippen molar-refractivity contribution < 1.29 is 4.42 Å². The molecule has 0 amide bonds. The molecule has 0 saturated heterocycles. The van der Waals surface area contributed by atoms with E-state index >= 15 is 0 Å². The first-order chi connectivity index (χ1) is 8.26. The summed E-state index contributed by atoms with van der Waals surface area (Å²) in [6.45, 7) is 0.400. The standard InChI is InChI=1S/C12H9ClN2OS/c13-7-1-3-9-11(5-7)17-12(15-9)10-4-2-8(6-14)16-10/h1-5H,6,14H2. The van der Waals surface area contributed by atoms with Gasteiger partial charge < -0.3 is 10.2 Å². The Morgan fingerprint density at radius 3 is 2.94 bits per heavy atom. The van der Waals surface area contributed by atoms with E-state index in [9.17, 15) is 0 Å². The molecule has 0 spiro atoms. The minimum absolute atomic E-state index is 0.400. The fourth-order valence-corrected chi connectivity index (χ4v) is 2.81. The molecule has 2 aromatic heterocycles. The molecule has 0 fully saturated rings. The highest BCUT2D eigenvalue weighted by molar-refractivity contribution is 7.21. The van der Waals surface area contributed by atoms with Crippen LogP contribution in [0, 0.1) is 0 Å². The molecule has 2 N–H and O–H groups in total. The zero-order valence-corrected chi connectivity index (χ0v) is 10.4. The fraction of sp³-hybridized carbons (Fsp3) is 0.0833. The number of nitrogens with zero attached hydrogens (tertiary/aromatic N) is 1. The summed E-state index contributed by atoms with van der Waals surface area (Å²) in [5.74, 6) is 1.51. The lowest BCUT2D eigenvalue weighted by Gasteiger charge is -1.88. The van der Waals surface area contributed by atoms with E-state index in [1.54, 1.807) is 11.3 Å². The predicted molar refractivity (Wildman–Crippen MR) is 70.2 cm³/mol. The molecule has 0 unspecified atom stereocenters. The summed E-state index contributed by atoms with van der Waals surface area (Å²) < 4.78 is 6.62. The van der Waals surface area contributed by atoms with Crippen molar-refractivity contribution in [2.45, 2.75) is 6.54 Å². The second-order valence-corrected chi connectivity index (χ2v) is 5.07. The molecule has 17 heavy (non-hydrogen) atoms. The largest absolute Gasteiger partial charge is 0.457 e. The van der Waals surface area contributed by atoms with Crippen LogP contribution in [0.4, 0.5) is 0 Å². The van der Waals surface area contributed by atoms with Gasteiger partial charge in [0.25, 0.3) is 0 Å². The Bertz CT molecular complexity index is 674. The molecular formula is C12H9ClN2OS. The first-order valence-corrected chi connectivity index (χ1v) is 6.31. The zero-order valence-electron chi connectivity index (χ0n) is 8.81. The molecule has 0 atom stereocenters. The van der Waals surface area contributed by atoms with Crippen LogP contribution >= 0.6 is 22.9 Å². The molecule has 0 radical (unpaired) electrons. The van der Waals surface area contributed by atoms with Crippen molar-refractivity contribution in [1.29, 1.82) is 0 Å². The van der Waals surface area contributed by atoms with Gasteiger partial charge in [-0.2, -0.15) is 0 Å². The molecule has 3 nitrogen and oxygen atoms in total. The second-order valence-electron chi connectivity index (χ2n) is 3.60. The van der Waals surface area contributed by atoms with E-state index in [1.165, 1.54) is 0 Å².